The van der Waals surface area contributed by atoms with Crippen LogP contribution in [0, 0.1) is 5.92 Å². The molecular formula is C13H27N3O2S. The molecule has 5 nitrogen and oxygen atoms in total. The zero-order chi connectivity index (χ0) is 14.1. The van der Waals surface area contributed by atoms with E-state index >= 15 is 0 Å². The molecule has 2 saturated heterocycles. The van der Waals surface area contributed by atoms with Crippen molar-refractivity contribution in [2.75, 3.05) is 33.2 Å². The van der Waals surface area contributed by atoms with Crippen molar-refractivity contribution in [1.82, 2.24) is 13.9 Å². The summed E-state index contributed by atoms with van der Waals surface area (Å²) < 4.78 is 29.0. The van der Waals surface area contributed by atoms with Crippen LogP contribution in [0.1, 0.15) is 39.5 Å². The van der Waals surface area contributed by atoms with E-state index in [-0.39, 0.29) is 5.54 Å². The standard InChI is InChI=1S/C13H27N3O2S/c1-13(2)7-5-9-16(13)19(17,18)15-8-4-6-12(11-15)10-14-3/h12,14H,4-11H2,1-3H3. The Hall–Kier alpha value is -0.170. The molecule has 0 aromatic carbocycles. The third-order valence-electron chi connectivity index (χ3n) is 4.40. The Balaban J connectivity index is 2.11. The van der Waals surface area contributed by atoms with E-state index in [0.29, 0.717) is 25.6 Å². The smallest absolute Gasteiger partial charge is 0.282 e. The van der Waals surface area contributed by atoms with Crippen molar-refractivity contribution in [3.05, 3.63) is 0 Å². The number of nitrogens with one attached hydrogen (secondary N) is 1. The van der Waals surface area contributed by atoms with E-state index in [9.17, 15) is 8.42 Å². The van der Waals surface area contributed by atoms with Crippen molar-refractivity contribution in [1.29, 1.82) is 0 Å². The Labute approximate surface area is 117 Å². The normalized spacial score (nSPS) is 29.7. The highest BCUT2D eigenvalue weighted by molar-refractivity contribution is 7.86. The zero-order valence-corrected chi connectivity index (χ0v) is 13.2. The average Bonchev–Trinajstić information content (AvgIpc) is 2.70. The number of nitrogens with zero attached hydrogens (tertiary/aromatic N) is 2. The van der Waals surface area contributed by atoms with Crippen molar-refractivity contribution in [3.8, 4) is 0 Å². The van der Waals surface area contributed by atoms with Crippen LogP contribution in [0.15, 0.2) is 0 Å². The Morgan fingerprint density at radius 3 is 2.58 bits per heavy atom. The lowest BCUT2D eigenvalue weighted by atomic mass is 10.00. The van der Waals surface area contributed by atoms with Crippen LogP contribution in [0.2, 0.25) is 0 Å². The molecule has 1 atom stereocenters. The van der Waals surface area contributed by atoms with Crippen LogP contribution >= 0.6 is 0 Å². The molecule has 112 valence electrons. The van der Waals surface area contributed by atoms with Gasteiger partial charge in [0.25, 0.3) is 10.2 Å². The van der Waals surface area contributed by atoms with E-state index in [2.05, 4.69) is 5.32 Å². The van der Waals surface area contributed by atoms with Crippen molar-refractivity contribution >= 4 is 10.2 Å². The topological polar surface area (TPSA) is 52.7 Å². The summed E-state index contributed by atoms with van der Waals surface area (Å²) in [5.41, 5.74) is -0.227. The fraction of sp³-hybridized carbons (Fsp3) is 1.00. The van der Waals surface area contributed by atoms with E-state index in [0.717, 1.165) is 32.2 Å². The zero-order valence-electron chi connectivity index (χ0n) is 12.4. The van der Waals surface area contributed by atoms with Crippen LogP contribution in [0.3, 0.4) is 0 Å². The molecule has 2 fully saturated rings. The minimum absolute atomic E-state index is 0.227. The second kappa shape index (κ2) is 5.68. The summed E-state index contributed by atoms with van der Waals surface area (Å²) in [6, 6.07) is 0. The lowest BCUT2D eigenvalue weighted by molar-refractivity contribution is 0.220. The van der Waals surface area contributed by atoms with Crippen LogP contribution in [0.4, 0.5) is 0 Å². The Morgan fingerprint density at radius 1 is 1.26 bits per heavy atom. The van der Waals surface area contributed by atoms with Crippen LogP contribution in [0.5, 0.6) is 0 Å². The number of hydrogen-bond donors (Lipinski definition) is 1. The van der Waals surface area contributed by atoms with Crippen molar-refractivity contribution in [2.45, 2.75) is 45.1 Å². The van der Waals surface area contributed by atoms with Gasteiger partial charge in [-0.05, 0) is 59.0 Å². The van der Waals surface area contributed by atoms with Gasteiger partial charge in [0.1, 0.15) is 0 Å². The molecule has 0 amide bonds. The van der Waals surface area contributed by atoms with Crippen LogP contribution < -0.4 is 5.32 Å². The van der Waals surface area contributed by atoms with Crippen molar-refractivity contribution in [3.63, 3.8) is 0 Å². The molecule has 6 heteroatoms. The summed E-state index contributed by atoms with van der Waals surface area (Å²) in [7, 11) is -1.35. The first kappa shape index (κ1) is 15.2. The Kier molecular flexibility index (Phi) is 4.55. The highest BCUT2D eigenvalue weighted by atomic mass is 32.2. The summed E-state index contributed by atoms with van der Waals surface area (Å²) >= 11 is 0. The first-order chi connectivity index (χ1) is 8.88. The molecule has 0 aromatic rings. The first-order valence-electron chi connectivity index (χ1n) is 7.30. The first-order valence-corrected chi connectivity index (χ1v) is 8.70. The molecule has 2 aliphatic heterocycles. The Morgan fingerprint density at radius 2 is 2.00 bits per heavy atom. The van der Waals surface area contributed by atoms with E-state index in [1.165, 1.54) is 0 Å². The van der Waals surface area contributed by atoms with Crippen LogP contribution in [0.25, 0.3) is 0 Å². The number of piperidine rings is 1. The second-order valence-electron chi connectivity index (χ2n) is 6.42. The van der Waals surface area contributed by atoms with Gasteiger partial charge < -0.3 is 5.32 Å². The lowest BCUT2D eigenvalue weighted by Crippen LogP contribution is -2.53. The quantitative estimate of drug-likeness (QED) is 0.841. The molecule has 0 spiro atoms. The third-order valence-corrected chi connectivity index (χ3v) is 6.62. The summed E-state index contributed by atoms with van der Waals surface area (Å²) in [5.74, 6) is 0.444. The predicted octanol–water partition coefficient (Wildman–Crippen LogP) is 1.04. The number of rotatable bonds is 4. The van der Waals surface area contributed by atoms with Crippen molar-refractivity contribution < 1.29 is 8.42 Å². The Bertz CT molecular complexity index is 406. The van der Waals surface area contributed by atoms with Gasteiger partial charge in [-0.2, -0.15) is 17.0 Å². The van der Waals surface area contributed by atoms with Gasteiger partial charge in [0.15, 0.2) is 0 Å². The molecule has 19 heavy (non-hydrogen) atoms. The highest BCUT2D eigenvalue weighted by Crippen LogP contribution is 2.33. The average molecular weight is 289 g/mol. The maximum atomic E-state index is 12.8. The van der Waals surface area contributed by atoms with Gasteiger partial charge in [-0.3, -0.25) is 0 Å². The van der Waals surface area contributed by atoms with E-state index in [1.54, 1.807) is 8.61 Å². The molecule has 0 radical (unpaired) electrons. The molecule has 0 aromatic heterocycles. The highest BCUT2D eigenvalue weighted by Gasteiger charge is 2.43. The van der Waals surface area contributed by atoms with Gasteiger partial charge in [0, 0.05) is 25.2 Å². The minimum Gasteiger partial charge on any atom is -0.319 e. The molecule has 2 aliphatic rings. The fourth-order valence-corrected chi connectivity index (χ4v) is 5.45. The third kappa shape index (κ3) is 3.12. The maximum absolute atomic E-state index is 12.8. The van der Waals surface area contributed by atoms with Crippen LogP contribution in [-0.4, -0.2) is 55.8 Å². The van der Waals surface area contributed by atoms with Crippen LogP contribution in [-0.2, 0) is 10.2 Å². The minimum atomic E-state index is -3.28. The maximum Gasteiger partial charge on any atom is 0.282 e. The van der Waals surface area contributed by atoms with Gasteiger partial charge in [0.05, 0.1) is 0 Å². The molecule has 0 saturated carbocycles. The lowest BCUT2D eigenvalue weighted by Gasteiger charge is -2.38. The van der Waals surface area contributed by atoms with E-state index < -0.39 is 10.2 Å². The van der Waals surface area contributed by atoms with Gasteiger partial charge >= 0.3 is 0 Å². The second-order valence-corrected chi connectivity index (χ2v) is 8.27. The fourth-order valence-electron chi connectivity index (χ4n) is 3.34. The summed E-state index contributed by atoms with van der Waals surface area (Å²) in [6.45, 7) is 6.97. The van der Waals surface area contributed by atoms with Crippen molar-refractivity contribution in [2.24, 2.45) is 5.92 Å². The van der Waals surface area contributed by atoms with E-state index in [4.69, 9.17) is 0 Å². The predicted molar refractivity (Wildman–Crippen MR) is 77.2 cm³/mol. The van der Waals surface area contributed by atoms with Gasteiger partial charge in [0.2, 0.25) is 0 Å². The molecular weight excluding hydrogens is 262 g/mol. The molecule has 2 rings (SSSR count). The molecule has 1 unspecified atom stereocenters. The summed E-state index contributed by atoms with van der Waals surface area (Å²) in [5, 5.41) is 3.16. The molecule has 2 heterocycles. The van der Waals surface area contributed by atoms with Gasteiger partial charge in [-0.25, -0.2) is 0 Å². The summed E-state index contributed by atoms with van der Waals surface area (Å²) in [4.78, 5) is 0. The molecule has 1 N–H and O–H groups in total. The van der Waals surface area contributed by atoms with E-state index in [1.807, 2.05) is 20.9 Å². The SMILES string of the molecule is CNCC1CCCN(S(=O)(=O)N2CCCC2(C)C)C1. The van der Waals surface area contributed by atoms with Gasteiger partial charge in [-0.15, -0.1) is 0 Å². The monoisotopic (exact) mass is 289 g/mol. The largest absolute Gasteiger partial charge is 0.319 e. The summed E-state index contributed by atoms with van der Waals surface area (Å²) in [6.07, 6.45) is 4.02. The molecule has 0 aliphatic carbocycles. The molecule has 0 bridgehead atoms. The van der Waals surface area contributed by atoms with Gasteiger partial charge in [-0.1, -0.05) is 0 Å². The number of hydrogen-bond acceptors (Lipinski definition) is 3.